The minimum atomic E-state index is 0.0576. The van der Waals surface area contributed by atoms with Gasteiger partial charge < -0.3 is 15.1 Å². The number of carbonyl (C=O) groups is 1. The van der Waals surface area contributed by atoms with E-state index in [0.29, 0.717) is 24.7 Å². The third-order valence-electron chi connectivity index (χ3n) is 6.53. The summed E-state index contributed by atoms with van der Waals surface area (Å²) >= 11 is 0. The highest BCUT2D eigenvalue weighted by molar-refractivity contribution is 5.95. The van der Waals surface area contributed by atoms with E-state index < -0.39 is 0 Å². The van der Waals surface area contributed by atoms with E-state index >= 15 is 0 Å². The Morgan fingerprint density at radius 3 is 2.58 bits per heavy atom. The molecular weight excluding hydrogens is 414 g/mol. The summed E-state index contributed by atoms with van der Waals surface area (Å²) in [5.41, 5.74) is 2.54. The van der Waals surface area contributed by atoms with Crippen molar-refractivity contribution >= 4 is 17.7 Å². The molecule has 8 nitrogen and oxygen atoms in total. The van der Waals surface area contributed by atoms with Crippen LogP contribution in [0.2, 0.25) is 0 Å². The lowest BCUT2D eigenvalue weighted by atomic mass is 9.96. The summed E-state index contributed by atoms with van der Waals surface area (Å²) in [6.45, 7) is 4.86. The van der Waals surface area contributed by atoms with Gasteiger partial charge in [-0.2, -0.15) is 10.1 Å². The molecular formula is C25H31N7O. The van der Waals surface area contributed by atoms with Gasteiger partial charge in [-0.25, -0.2) is 9.67 Å². The average Bonchev–Trinajstić information content (AvgIpc) is 3.39. The van der Waals surface area contributed by atoms with E-state index in [4.69, 9.17) is 4.98 Å². The summed E-state index contributed by atoms with van der Waals surface area (Å²) in [5.74, 6) is 1.72. The first-order chi connectivity index (χ1) is 16.2. The Balaban J connectivity index is 1.23. The van der Waals surface area contributed by atoms with Crippen LogP contribution in [0.5, 0.6) is 0 Å². The molecule has 172 valence electrons. The number of nitrogens with zero attached hydrogens (tertiary/aromatic N) is 6. The lowest BCUT2D eigenvalue weighted by Crippen LogP contribution is -2.49. The number of carbonyl (C=O) groups excluding carboxylic acids is 1. The molecule has 8 heteroatoms. The Hall–Kier alpha value is -3.42. The van der Waals surface area contributed by atoms with Gasteiger partial charge in [0.05, 0.1) is 5.69 Å². The lowest BCUT2D eigenvalue weighted by Gasteiger charge is -2.35. The zero-order valence-electron chi connectivity index (χ0n) is 19.2. The van der Waals surface area contributed by atoms with Crippen LogP contribution in [0.4, 0.5) is 11.8 Å². The largest absolute Gasteiger partial charge is 0.353 e. The number of anilines is 2. The minimum Gasteiger partial charge on any atom is -0.353 e. The highest BCUT2D eigenvalue weighted by atomic mass is 16.2. The van der Waals surface area contributed by atoms with Crippen LogP contribution >= 0.6 is 0 Å². The smallest absolute Gasteiger partial charge is 0.254 e. The third-order valence-corrected chi connectivity index (χ3v) is 6.53. The monoisotopic (exact) mass is 445 g/mol. The van der Waals surface area contributed by atoms with Crippen LogP contribution in [0.25, 0.3) is 5.69 Å². The van der Waals surface area contributed by atoms with Gasteiger partial charge in [0.25, 0.3) is 5.91 Å². The van der Waals surface area contributed by atoms with Gasteiger partial charge in [-0.3, -0.25) is 4.79 Å². The number of nitrogens with one attached hydrogen (secondary N) is 1. The van der Waals surface area contributed by atoms with Crippen molar-refractivity contribution in [2.45, 2.75) is 45.1 Å². The van der Waals surface area contributed by atoms with Gasteiger partial charge in [-0.1, -0.05) is 25.3 Å². The SMILES string of the molecule is Cc1cc(N2CCN(C(=O)c3cccc(-n4cccn4)c3)CC2)nc(NC2CCCCC2)n1. The van der Waals surface area contributed by atoms with Gasteiger partial charge in [0.1, 0.15) is 5.82 Å². The van der Waals surface area contributed by atoms with E-state index in [1.807, 2.05) is 54.4 Å². The van der Waals surface area contributed by atoms with Gasteiger partial charge in [0, 0.05) is 61.9 Å². The first-order valence-corrected chi connectivity index (χ1v) is 11.9. The molecule has 3 aromatic rings. The molecule has 1 amide bonds. The quantitative estimate of drug-likeness (QED) is 0.645. The number of amides is 1. The predicted octanol–water partition coefficient (Wildman–Crippen LogP) is 3.68. The van der Waals surface area contributed by atoms with Gasteiger partial charge in [0.2, 0.25) is 5.95 Å². The second-order valence-electron chi connectivity index (χ2n) is 8.95. The maximum Gasteiger partial charge on any atom is 0.254 e. The summed E-state index contributed by atoms with van der Waals surface area (Å²) in [5, 5.41) is 7.81. The number of aromatic nitrogens is 4. The fraction of sp³-hybridized carbons (Fsp3) is 0.440. The van der Waals surface area contributed by atoms with E-state index in [1.54, 1.807) is 10.9 Å². The second-order valence-corrected chi connectivity index (χ2v) is 8.95. The van der Waals surface area contributed by atoms with Crippen LogP contribution in [-0.4, -0.2) is 62.8 Å². The Morgan fingerprint density at radius 1 is 1.00 bits per heavy atom. The zero-order chi connectivity index (χ0) is 22.6. The molecule has 0 radical (unpaired) electrons. The molecule has 2 aliphatic rings. The van der Waals surface area contributed by atoms with Crippen molar-refractivity contribution in [1.82, 2.24) is 24.6 Å². The van der Waals surface area contributed by atoms with E-state index in [1.165, 1.54) is 32.1 Å². The van der Waals surface area contributed by atoms with Crippen molar-refractivity contribution in [3.05, 3.63) is 60.0 Å². The van der Waals surface area contributed by atoms with Crippen LogP contribution in [-0.2, 0) is 0 Å². The van der Waals surface area contributed by atoms with Crippen molar-refractivity contribution in [3.8, 4) is 5.69 Å². The number of hydrogen-bond donors (Lipinski definition) is 1. The molecule has 1 saturated carbocycles. The summed E-state index contributed by atoms with van der Waals surface area (Å²) in [4.78, 5) is 26.7. The minimum absolute atomic E-state index is 0.0576. The Labute approximate surface area is 194 Å². The number of hydrogen-bond acceptors (Lipinski definition) is 6. The standard InChI is InChI=1S/C25H31N7O/c1-19-17-23(29-25(27-19)28-21-8-3-2-4-9-21)30-13-15-31(16-14-30)24(33)20-7-5-10-22(18-20)32-12-6-11-26-32/h5-7,10-12,17-18,21H,2-4,8-9,13-16H2,1H3,(H,27,28,29). The number of aryl methyl sites for hydroxylation is 1. The Morgan fingerprint density at radius 2 is 1.82 bits per heavy atom. The van der Waals surface area contributed by atoms with Crippen molar-refractivity contribution < 1.29 is 4.79 Å². The molecule has 2 fully saturated rings. The molecule has 1 aliphatic carbocycles. The normalized spacial score (nSPS) is 17.2. The maximum atomic E-state index is 13.1. The Kier molecular flexibility index (Phi) is 6.24. The van der Waals surface area contributed by atoms with Crippen molar-refractivity contribution in [2.24, 2.45) is 0 Å². The average molecular weight is 446 g/mol. The van der Waals surface area contributed by atoms with Crippen molar-refractivity contribution in [1.29, 1.82) is 0 Å². The van der Waals surface area contributed by atoms with Gasteiger partial charge in [-0.15, -0.1) is 0 Å². The van der Waals surface area contributed by atoms with E-state index in [0.717, 1.165) is 36.2 Å². The summed E-state index contributed by atoms with van der Waals surface area (Å²) < 4.78 is 1.77. The fourth-order valence-electron chi connectivity index (χ4n) is 4.73. The van der Waals surface area contributed by atoms with Crippen molar-refractivity contribution in [2.75, 3.05) is 36.4 Å². The molecule has 5 rings (SSSR count). The van der Waals surface area contributed by atoms with Crippen LogP contribution in [0.15, 0.2) is 48.8 Å². The second kappa shape index (κ2) is 9.60. The fourth-order valence-corrected chi connectivity index (χ4v) is 4.73. The molecule has 3 heterocycles. The zero-order valence-corrected chi connectivity index (χ0v) is 19.2. The number of benzene rings is 1. The molecule has 2 aromatic heterocycles. The summed E-state index contributed by atoms with van der Waals surface area (Å²) in [7, 11) is 0. The van der Waals surface area contributed by atoms with E-state index in [-0.39, 0.29) is 5.91 Å². The molecule has 1 aromatic carbocycles. The molecule has 0 atom stereocenters. The first kappa shape index (κ1) is 21.4. The van der Waals surface area contributed by atoms with Crippen LogP contribution in [0, 0.1) is 6.92 Å². The van der Waals surface area contributed by atoms with E-state index in [2.05, 4.69) is 20.3 Å². The van der Waals surface area contributed by atoms with Crippen LogP contribution in [0.1, 0.15) is 48.2 Å². The first-order valence-electron chi connectivity index (χ1n) is 11.9. The molecule has 0 bridgehead atoms. The van der Waals surface area contributed by atoms with Gasteiger partial charge in [0.15, 0.2) is 0 Å². The maximum absolute atomic E-state index is 13.1. The van der Waals surface area contributed by atoms with Crippen molar-refractivity contribution in [3.63, 3.8) is 0 Å². The highest BCUT2D eigenvalue weighted by Gasteiger charge is 2.24. The third kappa shape index (κ3) is 4.99. The summed E-state index contributed by atoms with van der Waals surface area (Å²) in [6.07, 6.45) is 9.87. The van der Waals surface area contributed by atoms with Gasteiger partial charge in [-0.05, 0) is 44.0 Å². The lowest BCUT2D eigenvalue weighted by molar-refractivity contribution is 0.0746. The molecule has 0 spiro atoms. The van der Waals surface area contributed by atoms with Crippen LogP contribution in [0.3, 0.4) is 0 Å². The molecule has 1 saturated heterocycles. The van der Waals surface area contributed by atoms with E-state index in [9.17, 15) is 4.79 Å². The molecule has 33 heavy (non-hydrogen) atoms. The Bertz CT molecular complexity index is 1080. The topological polar surface area (TPSA) is 79.2 Å². The highest BCUT2D eigenvalue weighted by Crippen LogP contribution is 2.23. The number of piperazine rings is 1. The number of rotatable bonds is 5. The van der Waals surface area contributed by atoms with Crippen LogP contribution < -0.4 is 10.2 Å². The molecule has 0 unspecified atom stereocenters. The predicted molar refractivity (Wildman–Crippen MR) is 129 cm³/mol. The molecule has 1 N–H and O–H groups in total. The van der Waals surface area contributed by atoms with Gasteiger partial charge >= 0.3 is 0 Å². The summed E-state index contributed by atoms with van der Waals surface area (Å²) in [6, 6.07) is 12.0. The molecule has 1 aliphatic heterocycles.